The normalized spacial score (nSPS) is 21.8. The summed E-state index contributed by atoms with van der Waals surface area (Å²) in [7, 11) is -13.9. The SMILES string of the molecule is O=S(=O)(CCC(F)(F)F)/C(=C1/C(F)=C(F)C(F)=C(F)C1F)S(=O)(=O)C(CC(F)(F)F)C(F)(F)F. The second kappa shape index (κ2) is 9.30. The van der Waals surface area contributed by atoms with Crippen LogP contribution < -0.4 is 0 Å². The van der Waals surface area contributed by atoms with Crippen LogP contribution in [-0.2, 0) is 19.7 Å². The summed E-state index contributed by atoms with van der Waals surface area (Å²) in [6.07, 6.45) is -28.6. The van der Waals surface area contributed by atoms with Crippen molar-refractivity contribution >= 4 is 19.7 Å². The van der Waals surface area contributed by atoms with Crippen molar-refractivity contribution in [1.82, 2.24) is 0 Å². The number of allylic oxidation sites excluding steroid dienone is 5. The van der Waals surface area contributed by atoms with E-state index >= 15 is 0 Å². The predicted octanol–water partition coefficient (Wildman–Crippen LogP) is 5.52. The number of hydrogen-bond donors (Lipinski definition) is 0. The van der Waals surface area contributed by atoms with Crippen LogP contribution in [0, 0.1) is 0 Å². The highest BCUT2D eigenvalue weighted by Gasteiger charge is 2.58. The standard InChI is InChI=1S/C14H8F14O4S2/c15-6-5(7(16)9(18)10(19)8(6)17)11(33(29,30)2-1-12(20,21)22)34(31,32)4(14(26,27)28)3-13(23,24)25/h4,6H,1-3H2/b11-5-. The van der Waals surface area contributed by atoms with Crippen LogP contribution in [0.2, 0.25) is 0 Å². The van der Waals surface area contributed by atoms with Gasteiger partial charge in [0.2, 0.25) is 9.84 Å². The van der Waals surface area contributed by atoms with E-state index in [9.17, 15) is 78.3 Å². The Labute approximate surface area is 180 Å². The Morgan fingerprint density at radius 2 is 1.24 bits per heavy atom. The first kappa shape index (κ1) is 30.2. The van der Waals surface area contributed by atoms with Gasteiger partial charge in [0.25, 0.3) is 0 Å². The van der Waals surface area contributed by atoms with E-state index in [-0.39, 0.29) is 0 Å². The molecule has 0 heterocycles. The molecule has 20 heteroatoms. The van der Waals surface area contributed by atoms with Gasteiger partial charge < -0.3 is 0 Å². The maximum absolute atomic E-state index is 14.2. The molecule has 0 saturated carbocycles. The van der Waals surface area contributed by atoms with Crippen molar-refractivity contribution in [1.29, 1.82) is 0 Å². The third-order valence-electron chi connectivity index (χ3n) is 3.88. The maximum Gasteiger partial charge on any atom is 0.406 e. The Kier molecular flexibility index (Phi) is 8.26. The first-order valence-corrected chi connectivity index (χ1v) is 11.2. The lowest BCUT2D eigenvalue weighted by molar-refractivity contribution is -0.179. The van der Waals surface area contributed by atoms with Crippen LogP contribution in [0.5, 0.6) is 0 Å². The van der Waals surface area contributed by atoms with Crippen LogP contribution in [0.25, 0.3) is 0 Å². The summed E-state index contributed by atoms with van der Waals surface area (Å²) < 4.78 is 229. The van der Waals surface area contributed by atoms with Gasteiger partial charge in [-0.25, -0.2) is 38.8 Å². The van der Waals surface area contributed by atoms with Gasteiger partial charge in [-0.15, -0.1) is 0 Å². The van der Waals surface area contributed by atoms with Crippen molar-refractivity contribution < 1.29 is 78.3 Å². The van der Waals surface area contributed by atoms with E-state index in [1.165, 1.54) is 0 Å². The van der Waals surface area contributed by atoms with Crippen molar-refractivity contribution in [3.63, 3.8) is 0 Å². The minimum Gasteiger partial charge on any atom is -0.234 e. The summed E-state index contributed by atoms with van der Waals surface area (Å²) in [6, 6.07) is 0. The summed E-state index contributed by atoms with van der Waals surface area (Å²) in [5, 5.41) is -4.90. The smallest absolute Gasteiger partial charge is 0.234 e. The molecule has 2 unspecified atom stereocenters. The van der Waals surface area contributed by atoms with Crippen LogP contribution in [0.15, 0.2) is 33.1 Å². The van der Waals surface area contributed by atoms with Gasteiger partial charge in [-0.3, -0.25) is 0 Å². The number of alkyl halides is 10. The van der Waals surface area contributed by atoms with Crippen LogP contribution in [0.3, 0.4) is 0 Å². The highest BCUT2D eigenvalue weighted by atomic mass is 32.3. The van der Waals surface area contributed by atoms with E-state index in [1.807, 2.05) is 0 Å². The molecule has 0 spiro atoms. The predicted molar refractivity (Wildman–Crippen MR) is 84.3 cm³/mol. The van der Waals surface area contributed by atoms with Crippen LogP contribution in [0.1, 0.15) is 12.8 Å². The summed E-state index contributed by atoms with van der Waals surface area (Å²) in [5.74, 6) is -15.3. The maximum atomic E-state index is 14.2. The molecule has 198 valence electrons. The molecule has 0 bridgehead atoms. The van der Waals surface area contributed by atoms with Crippen molar-refractivity contribution in [2.45, 2.75) is 42.8 Å². The zero-order valence-corrected chi connectivity index (χ0v) is 17.2. The van der Waals surface area contributed by atoms with Gasteiger partial charge in [0, 0.05) is 0 Å². The highest BCUT2D eigenvalue weighted by molar-refractivity contribution is 8.14. The molecule has 0 fully saturated rings. The summed E-state index contributed by atoms with van der Waals surface area (Å²) in [4.78, 5) is 0. The number of halogens is 14. The number of hydrogen-bond acceptors (Lipinski definition) is 4. The van der Waals surface area contributed by atoms with Gasteiger partial charge in [0.05, 0.1) is 24.2 Å². The molecule has 2 atom stereocenters. The van der Waals surface area contributed by atoms with E-state index in [1.54, 1.807) is 0 Å². The molecule has 0 aromatic rings. The summed E-state index contributed by atoms with van der Waals surface area (Å²) in [5.41, 5.74) is -3.09. The number of rotatable bonds is 6. The van der Waals surface area contributed by atoms with Gasteiger partial charge >= 0.3 is 18.5 Å². The van der Waals surface area contributed by atoms with Crippen LogP contribution in [0.4, 0.5) is 61.5 Å². The minimum absolute atomic E-state index is 2.62. The number of sulfone groups is 2. The molecule has 1 rings (SSSR count). The Bertz CT molecular complexity index is 1120. The van der Waals surface area contributed by atoms with Crippen molar-refractivity contribution in [3.8, 4) is 0 Å². The average molecular weight is 570 g/mol. The molecule has 1 aliphatic rings. The fourth-order valence-corrected chi connectivity index (χ4v) is 7.19. The van der Waals surface area contributed by atoms with Gasteiger partial charge in [-0.1, -0.05) is 0 Å². The van der Waals surface area contributed by atoms with E-state index in [4.69, 9.17) is 0 Å². The molecule has 0 aromatic heterocycles. The molecule has 0 radical (unpaired) electrons. The second-order valence-corrected chi connectivity index (χ2v) is 10.8. The fraction of sp³-hybridized carbons (Fsp3) is 0.571. The largest absolute Gasteiger partial charge is 0.406 e. The van der Waals surface area contributed by atoms with Gasteiger partial charge in [0.1, 0.15) is 0 Å². The molecule has 0 aliphatic heterocycles. The fourth-order valence-electron chi connectivity index (χ4n) is 2.44. The third kappa shape index (κ3) is 6.63. The Hall–Kier alpha value is -1.86. The average Bonchev–Trinajstić information content (AvgIpc) is 2.62. The van der Waals surface area contributed by atoms with Crippen LogP contribution >= 0.6 is 0 Å². The molecule has 4 nitrogen and oxygen atoms in total. The topological polar surface area (TPSA) is 68.3 Å². The molecule has 0 saturated heterocycles. The third-order valence-corrected chi connectivity index (χ3v) is 8.78. The zero-order chi connectivity index (χ0) is 27.2. The molecular weight excluding hydrogens is 562 g/mol. The van der Waals surface area contributed by atoms with Gasteiger partial charge in [-0.2, -0.15) is 39.5 Å². The lowest BCUT2D eigenvalue weighted by Crippen LogP contribution is -2.43. The van der Waals surface area contributed by atoms with Gasteiger partial charge in [-0.05, 0) is 0 Å². The van der Waals surface area contributed by atoms with E-state index < -0.39 is 101 Å². The summed E-state index contributed by atoms with van der Waals surface area (Å²) >= 11 is 0. The highest BCUT2D eigenvalue weighted by Crippen LogP contribution is 2.46. The molecule has 0 N–H and O–H groups in total. The summed E-state index contributed by atoms with van der Waals surface area (Å²) in [6.45, 7) is 0. The van der Waals surface area contributed by atoms with E-state index in [0.717, 1.165) is 0 Å². The molecule has 1 aliphatic carbocycles. The first-order chi connectivity index (χ1) is 14.8. The Morgan fingerprint density at radius 3 is 1.62 bits per heavy atom. The minimum atomic E-state index is -7.32. The molecular formula is C14H8F14O4S2. The van der Waals surface area contributed by atoms with Crippen molar-refractivity contribution in [2.75, 3.05) is 5.75 Å². The second-order valence-electron chi connectivity index (χ2n) is 6.43. The molecule has 0 aromatic carbocycles. The lowest BCUT2D eigenvalue weighted by Gasteiger charge is -2.26. The van der Waals surface area contributed by atoms with E-state index in [0.29, 0.717) is 0 Å². The molecule has 0 amide bonds. The van der Waals surface area contributed by atoms with Crippen LogP contribution in [-0.4, -0.2) is 52.5 Å². The first-order valence-electron chi connectivity index (χ1n) is 8.01. The zero-order valence-electron chi connectivity index (χ0n) is 15.5. The Morgan fingerprint density at radius 1 is 0.765 bits per heavy atom. The monoisotopic (exact) mass is 570 g/mol. The molecule has 34 heavy (non-hydrogen) atoms. The van der Waals surface area contributed by atoms with Crippen molar-refractivity contribution in [2.24, 2.45) is 0 Å². The Balaban J connectivity index is 4.15. The van der Waals surface area contributed by atoms with Gasteiger partial charge in [0.15, 0.2) is 48.8 Å². The van der Waals surface area contributed by atoms with Crippen molar-refractivity contribution in [3.05, 3.63) is 33.1 Å². The quantitative estimate of drug-likeness (QED) is 0.395. The van der Waals surface area contributed by atoms with E-state index in [2.05, 4.69) is 0 Å². The lowest BCUT2D eigenvalue weighted by atomic mass is 10.0.